The summed E-state index contributed by atoms with van der Waals surface area (Å²) >= 11 is 0. The van der Waals surface area contributed by atoms with Gasteiger partial charge in [-0.3, -0.25) is 9.59 Å². The summed E-state index contributed by atoms with van der Waals surface area (Å²) in [6.45, 7) is 0.480. The van der Waals surface area contributed by atoms with E-state index < -0.39 is 11.8 Å². The van der Waals surface area contributed by atoms with Gasteiger partial charge in [-0.2, -0.15) is 0 Å². The molecular weight excluding hydrogens is 389 g/mol. The van der Waals surface area contributed by atoms with Crippen LogP contribution < -0.4 is 10.1 Å². The number of esters is 1. The van der Waals surface area contributed by atoms with Crippen LogP contribution in [-0.4, -0.2) is 27.2 Å². The van der Waals surface area contributed by atoms with Crippen molar-refractivity contribution < 1.29 is 23.5 Å². The highest BCUT2D eigenvalue weighted by Gasteiger charge is 2.26. The number of carbonyl (C=O) groups is 3. The lowest BCUT2D eigenvalue weighted by Crippen LogP contribution is -2.15. The van der Waals surface area contributed by atoms with Gasteiger partial charge in [0.25, 0.3) is 0 Å². The average Bonchev–Trinajstić information content (AvgIpc) is 3.39. The Morgan fingerprint density at radius 1 is 1.20 bits per heavy atom. The van der Waals surface area contributed by atoms with Gasteiger partial charge in [0, 0.05) is 48.6 Å². The molecule has 1 amide bonds. The lowest BCUT2D eigenvalue weighted by Gasteiger charge is -2.10. The summed E-state index contributed by atoms with van der Waals surface area (Å²) in [4.78, 5) is 40.2. The van der Waals surface area contributed by atoms with E-state index in [-0.39, 0.29) is 41.4 Å². The number of anilines is 1. The highest BCUT2D eigenvalue weighted by Crippen LogP contribution is 2.31. The lowest BCUT2D eigenvalue weighted by atomic mass is 10.1. The zero-order chi connectivity index (χ0) is 21.1. The summed E-state index contributed by atoms with van der Waals surface area (Å²) < 4.78 is 21.6. The maximum absolute atomic E-state index is 14.6. The van der Waals surface area contributed by atoms with Crippen molar-refractivity contribution >= 4 is 23.3 Å². The summed E-state index contributed by atoms with van der Waals surface area (Å²) in [6.07, 6.45) is 5.81. The fourth-order valence-corrected chi connectivity index (χ4v) is 3.31. The van der Waals surface area contributed by atoms with Crippen molar-refractivity contribution in [1.29, 1.82) is 0 Å². The Kier molecular flexibility index (Phi) is 5.38. The molecule has 7 nitrogen and oxygen atoms in total. The van der Waals surface area contributed by atoms with E-state index in [2.05, 4.69) is 10.3 Å². The van der Waals surface area contributed by atoms with Crippen molar-refractivity contribution in [3.63, 3.8) is 0 Å². The first-order valence-corrected chi connectivity index (χ1v) is 9.43. The van der Waals surface area contributed by atoms with E-state index in [1.807, 2.05) is 0 Å². The van der Waals surface area contributed by atoms with Crippen LogP contribution in [-0.2, 0) is 17.8 Å². The predicted octanol–water partition coefficient (Wildman–Crippen LogP) is 3.40. The molecule has 1 N–H and O–H groups in total. The first-order chi connectivity index (χ1) is 14.5. The van der Waals surface area contributed by atoms with Gasteiger partial charge in [-0.15, -0.1) is 0 Å². The normalized spacial score (nSPS) is 12.5. The Balaban J connectivity index is 1.41. The average molecular weight is 407 g/mol. The summed E-state index contributed by atoms with van der Waals surface area (Å²) in [6, 6.07) is 8.99. The molecule has 1 aliphatic rings. The quantitative estimate of drug-likeness (QED) is 0.500. The molecule has 0 radical (unpaired) electrons. The third kappa shape index (κ3) is 4.12. The molecule has 0 atom stereocenters. The van der Waals surface area contributed by atoms with Crippen LogP contribution in [0.25, 0.3) is 0 Å². The summed E-state index contributed by atoms with van der Waals surface area (Å²) in [5, 5.41) is 2.72. The van der Waals surface area contributed by atoms with Crippen LogP contribution in [0.1, 0.15) is 39.1 Å². The number of rotatable bonds is 6. The molecular formula is C22H18FN3O4. The number of ether oxygens (including phenoxy) is 1. The van der Waals surface area contributed by atoms with Crippen molar-refractivity contribution in [1.82, 2.24) is 9.55 Å². The van der Waals surface area contributed by atoms with E-state index in [4.69, 9.17) is 4.74 Å². The van der Waals surface area contributed by atoms with Gasteiger partial charge in [0.2, 0.25) is 5.91 Å². The van der Waals surface area contributed by atoms with Crippen molar-refractivity contribution in [2.24, 2.45) is 0 Å². The third-order valence-electron chi connectivity index (χ3n) is 4.85. The zero-order valence-electron chi connectivity index (χ0n) is 15.9. The predicted molar refractivity (Wildman–Crippen MR) is 106 cm³/mol. The van der Waals surface area contributed by atoms with Crippen LogP contribution in [0.15, 0.2) is 55.1 Å². The third-order valence-corrected chi connectivity index (χ3v) is 4.85. The number of nitrogens with one attached hydrogen (secondary N) is 1. The Morgan fingerprint density at radius 2 is 2.07 bits per heavy atom. The Bertz CT molecular complexity index is 1130. The second-order valence-corrected chi connectivity index (χ2v) is 6.90. The molecule has 1 aromatic heterocycles. The fraction of sp³-hybridized carbons (Fsp3) is 0.182. The molecule has 1 heterocycles. The van der Waals surface area contributed by atoms with Gasteiger partial charge in [0.15, 0.2) is 17.3 Å². The molecule has 4 rings (SSSR count). The van der Waals surface area contributed by atoms with E-state index in [1.54, 1.807) is 35.4 Å². The van der Waals surface area contributed by atoms with Crippen LogP contribution in [0.5, 0.6) is 5.75 Å². The van der Waals surface area contributed by atoms with Gasteiger partial charge in [0.05, 0.1) is 11.9 Å². The number of aromatic nitrogens is 2. The molecule has 3 aromatic rings. The van der Waals surface area contributed by atoms with Crippen LogP contribution in [0.4, 0.5) is 10.1 Å². The summed E-state index contributed by atoms with van der Waals surface area (Å²) in [5.41, 5.74) is 1.22. The second-order valence-electron chi connectivity index (χ2n) is 6.90. The van der Waals surface area contributed by atoms with Crippen LogP contribution in [0.2, 0.25) is 0 Å². The van der Waals surface area contributed by atoms with Crippen molar-refractivity contribution in [3.05, 3.63) is 77.6 Å². The highest BCUT2D eigenvalue weighted by molar-refractivity contribution is 6.01. The molecule has 8 heteroatoms. The molecule has 0 spiro atoms. The zero-order valence-corrected chi connectivity index (χ0v) is 15.9. The van der Waals surface area contributed by atoms with Gasteiger partial charge >= 0.3 is 5.97 Å². The fourth-order valence-electron chi connectivity index (χ4n) is 3.31. The molecule has 30 heavy (non-hydrogen) atoms. The van der Waals surface area contributed by atoms with Crippen molar-refractivity contribution in [2.45, 2.75) is 25.8 Å². The summed E-state index contributed by atoms with van der Waals surface area (Å²) in [7, 11) is 0. The van der Waals surface area contributed by atoms with E-state index in [0.29, 0.717) is 24.2 Å². The number of ketones is 1. The van der Waals surface area contributed by atoms with Gasteiger partial charge in [-0.05, 0) is 36.8 Å². The smallest absolute Gasteiger partial charge is 0.343 e. The first-order valence-electron chi connectivity index (χ1n) is 9.43. The van der Waals surface area contributed by atoms with Gasteiger partial charge < -0.3 is 14.6 Å². The van der Waals surface area contributed by atoms with E-state index in [1.165, 1.54) is 24.3 Å². The monoisotopic (exact) mass is 407 g/mol. The molecule has 0 fully saturated rings. The van der Waals surface area contributed by atoms with E-state index in [9.17, 15) is 18.8 Å². The number of nitrogens with zero attached hydrogens (tertiary/aromatic N) is 2. The van der Waals surface area contributed by atoms with Crippen molar-refractivity contribution in [3.8, 4) is 5.75 Å². The number of fused-ring (bicyclic) bond motifs is 1. The minimum atomic E-state index is -0.757. The lowest BCUT2D eigenvalue weighted by molar-refractivity contribution is -0.116. The van der Waals surface area contributed by atoms with Crippen LogP contribution >= 0.6 is 0 Å². The molecule has 0 bridgehead atoms. The minimum absolute atomic E-state index is 0.113. The van der Waals surface area contributed by atoms with Crippen LogP contribution in [0.3, 0.4) is 0 Å². The number of Topliss-reactive ketones (excluding diaryl/α,β-unsaturated/α-hetero) is 1. The minimum Gasteiger partial charge on any atom is -0.420 e. The number of aryl methyl sites for hydroxylation is 1. The number of carbonyl (C=O) groups excluding carboxylic acids is 3. The molecule has 152 valence electrons. The Labute approximate surface area is 171 Å². The Hall–Kier alpha value is -3.81. The topological polar surface area (TPSA) is 90.3 Å². The standard InChI is InChI=1S/C22H18FN3O4/c23-21-17-4-6-18(27)16(17)5-7-19(21)30-22(29)14-2-1-3-15(12-14)25-20(28)8-10-26-11-9-24-13-26/h1-3,5,7,9,11-13H,4,6,8,10H2,(H,25,28). The molecule has 0 aliphatic heterocycles. The van der Waals surface area contributed by atoms with Gasteiger partial charge in [-0.1, -0.05) is 6.07 Å². The number of imidazole rings is 1. The maximum atomic E-state index is 14.6. The molecule has 0 saturated carbocycles. The largest absolute Gasteiger partial charge is 0.420 e. The summed E-state index contributed by atoms with van der Waals surface area (Å²) in [5.74, 6) is -1.99. The van der Waals surface area contributed by atoms with E-state index >= 15 is 0 Å². The molecule has 2 aromatic carbocycles. The van der Waals surface area contributed by atoms with Gasteiger partial charge in [0.1, 0.15) is 0 Å². The van der Waals surface area contributed by atoms with Crippen molar-refractivity contribution in [2.75, 3.05) is 5.32 Å². The molecule has 0 saturated heterocycles. The highest BCUT2D eigenvalue weighted by atomic mass is 19.1. The Morgan fingerprint density at radius 3 is 2.87 bits per heavy atom. The first kappa shape index (κ1) is 19.5. The number of hydrogen-bond acceptors (Lipinski definition) is 5. The SMILES string of the molecule is O=C(CCn1ccnc1)Nc1cccc(C(=O)Oc2ccc3c(c2F)CCC3=O)c1. The van der Waals surface area contributed by atoms with E-state index in [0.717, 1.165) is 0 Å². The number of amides is 1. The second kappa shape index (κ2) is 8.28. The molecule has 0 unspecified atom stereocenters. The van der Waals surface area contributed by atoms with Gasteiger partial charge in [-0.25, -0.2) is 14.2 Å². The number of hydrogen-bond donors (Lipinski definition) is 1. The molecule has 1 aliphatic carbocycles. The van der Waals surface area contributed by atoms with Crippen LogP contribution in [0, 0.1) is 5.82 Å². The number of halogens is 1. The number of benzene rings is 2. The maximum Gasteiger partial charge on any atom is 0.343 e.